The molecule has 1 aliphatic heterocycles. The van der Waals surface area contributed by atoms with Gasteiger partial charge in [-0.2, -0.15) is 12.6 Å². The molecular formula is C17H13ClN2O3S. The van der Waals surface area contributed by atoms with Crippen LogP contribution < -0.4 is 10.2 Å². The first-order valence-corrected chi connectivity index (χ1v) is 8.22. The van der Waals surface area contributed by atoms with E-state index >= 15 is 0 Å². The maximum Gasteiger partial charge on any atom is 0.266 e. The number of rotatable bonds is 4. The van der Waals surface area contributed by atoms with Gasteiger partial charge in [-0.15, -0.1) is 0 Å². The Balaban J connectivity index is 2.00. The van der Waals surface area contributed by atoms with E-state index in [4.69, 9.17) is 11.6 Å². The molecule has 2 aromatic carbocycles. The molecule has 0 saturated carbocycles. The number of imide groups is 1. The Hall–Kier alpha value is -2.31. The summed E-state index contributed by atoms with van der Waals surface area (Å²) < 4.78 is 0. The molecule has 122 valence electrons. The van der Waals surface area contributed by atoms with Crippen molar-refractivity contribution < 1.29 is 14.4 Å². The number of carbonyl (C=O) groups is 3. The van der Waals surface area contributed by atoms with Gasteiger partial charge in [0.1, 0.15) is 0 Å². The van der Waals surface area contributed by atoms with Gasteiger partial charge in [0, 0.05) is 17.9 Å². The Morgan fingerprint density at radius 1 is 1.08 bits per heavy atom. The van der Waals surface area contributed by atoms with Crippen LogP contribution in [0, 0.1) is 0 Å². The van der Waals surface area contributed by atoms with Gasteiger partial charge in [0.2, 0.25) is 0 Å². The lowest BCUT2D eigenvalue weighted by atomic mass is 10.1. The second-order valence-electron chi connectivity index (χ2n) is 5.14. The molecule has 3 rings (SSSR count). The number of amides is 3. The molecule has 1 N–H and O–H groups in total. The Morgan fingerprint density at radius 3 is 2.29 bits per heavy atom. The van der Waals surface area contributed by atoms with Gasteiger partial charge in [0.05, 0.1) is 21.8 Å². The van der Waals surface area contributed by atoms with Gasteiger partial charge < -0.3 is 5.32 Å². The molecule has 0 saturated heterocycles. The SMILES string of the molecule is O=C(NCCS)c1ccc(Cl)c(N2C(=O)c3ccccc3C2=O)c1. The fourth-order valence-electron chi connectivity index (χ4n) is 2.50. The Kier molecular flexibility index (Phi) is 4.59. The molecule has 7 heteroatoms. The second-order valence-corrected chi connectivity index (χ2v) is 5.99. The molecule has 1 aliphatic rings. The minimum absolute atomic E-state index is 0.196. The lowest BCUT2D eigenvalue weighted by Gasteiger charge is -2.16. The minimum atomic E-state index is -0.453. The van der Waals surface area contributed by atoms with Crippen molar-refractivity contribution in [2.45, 2.75) is 0 Å². The number of benzene rings is 2. The van der Waals surface area contributed by atoms with Gasteiger partial charge in [-0.3, -0.25) is 14.4 Å². The van der Waals surface area contributed by atoms with Crippen LogP contribution in [-0.4, -0.2) is 30.0 Å². The molecule has 0 radical (unpaired) electrons. The molecule has 5 nitrogen and oxygen atoms in total. The molecule has 0 atom stereocenters. The van der Waals surface area contributed by atoms with Crippen molar-refractivity contribution in [1.29, 1.82) is 0 Å². The van der Waals surface area contributed by atoms with E-state index in [1.165, 1.54) is 18.2 Å². The normalized spacial score (nSPS) is 13.2. The van der Waals surface area contributed by atoms with Crippen molar-refractivity contribution in [3.8, 4) is 0 Å². The van der Waals surface area contributed by atoms with Gasteiger partial charge >= 0.3 is 0 Å². The highest BCUT2D eigenvalue weighted by atomic mass is 35.5. The van der Waals surface area contributed by atoms with Crippen LogP contribution in [-0.2, 0) is 0 Å². The first-order valence-electron chi connectivity index (χ1n) is 7.21. The summed E-state index contributed by atoms with van der Waals surface area (Å²) in [5, 5.41) is 2.90. The number of anilines is 1. The first kappa shape index (κ1) is 16.5. The third-order valence-corrected chi connectivity index (χ3v) is 4.18. The average Bonchev–Trinajstić information content (AvgIpc) is 2.85. The van der Waals surface area contributed by atoms with E-state index in [9.17, 15) is 14.4 Å². The van der Waals surface area contributed by atoms with Gasteiger partial charge in [0.25, 0.3) is 17.7 Å². The Morgan fingerprint density at radius 2 is 1.71 bits per heavy atom. The zero-order valence-electron chi connectivity index (χ0n) is 12.5. The highest BCUT2D eigenvalue weighted by molar-refractivity contribution is 7.80. The van der Waals surface area contributed by atoms with Crippen LogP contribution in [0.15, 0.2) is 42.5 Å². The summed E-state index contributed by atoms with van der Waals surface area (Å²) in [4.78, 5) is 38.2. The predicted octanol–water partition coefficient (Wildman–Crippen LogP) is 2.80. The quantitative estimate of drug-likeness (QED) is 0.651. The summed E-state index contributed by atoms with van der Waals surface area (Å²) >= 11 is 10.2. The smallest absolute Gasteiger partial charge is 0.266 e. The van der Waals surface area contributed by atoms with Crippen LogP contribution in [0.5, 0.6) is 0 Å². The monoisotopic (exact) mass is 360 g/mol. The van der Waals surface area contributed by atoms with Crippen LogP contribution in [0.3, 0.4) is 0 Å². The molecule has 0 fully saturated rings. The lowest BCUT2D eigenvalue weighted by Crippen LogP contribution is -2.30. The van der Waals surface area contributed by atoms with Gasteiger partial charge in [-0.1, -0.05) is 23.7 Å². The number of hydrogen-bond acceptors (Lipinski definition) is 4. The molecule has 3 amide bonds. The van der Waals surface area contributed by atoms with Crippen molar-refractivity contribution in [3.63, 3.8) is 0 Å². The van der Waals surface area contributed by atoms with Crippen molar-refractivity contribution in [3.05, 3.63) is 64.2 Å². The van der Waals surface area contributed by atoms with Gasteiger partial charge in [0.15, 0.2) is 0 Å². The first-order chi connectivity index (χ1) is 11.5. The van der Waals surface area contributed by atoms with Crippen LogP contribution in [0.4, 0.5) is 5.69 Å². The third-order valence-electron chi connectivity index (χ3n) is 3.64. The minimum Gasteiger partial charge on any atom is -0.351 e. The van der Waals surface area contributed by atoms with E-state index in [1.54, 1.807) is 24.3 Å². The highest BCUT2D eigenvalue weighted by Gasteiger charge is 2.37. The standard InChI is InChI=1S/C17H13ClN2O3S/c18-13-6-5-10(15(21)19-7-8-24)9-14(13)20-16(22)11-3-1-2-4-12(11)17(20)23/h1-6,9,24H,7-8H2,(H,19,21). The summed E-state index contributed by atoms with van der Waals surface area (Å²) in [7, 11) is 0. The van der Waals surface area contributed by atoms with Crippen LogP contribution in [0.1, 0.15) is 31.1 Å². The van der Waals surface area contributed by atoms with E-state index < -0.39 is 11.8 Å². The molecule has 0 bridgehead atoms. The molecule has 2 aromatic rings. The lowest BCUT2D eigenvalue weighted by molar-refractivity contribution is 0.0920. The Bertz CT molecular complexity index is 818. The van der Waals surface area contributed by atoms with Crippen LogP contribution in [0.2, 0.25) is 5.02 Å². The number of halogens is 1. The molecule has 0 aliphatic carbocycles. The number of carbonyl (C=O) groups excluding carboxylic acids is 3. The van der Waals surface area contributed by atoms with Crippen LogP contribution in [0.25, 0.3) is 0 Å². The second kappa shape index (κ2) is 6.67. The van der Waals surface area contributed by atoms with Crippen molar-refractivity contribution in [2.24, 2.45) is 0 Å². The summed E-state index contributed by atoms with van der Waals surface area (Å²) in [5.41, 5.74) is 1.15. The van der Waals surface area contributed by atoms with Crippen molar-refractivity contribution in [2.75, 3.05) is 17.2 Å². The summed E-state index contributed by atoms with van der Waals surface area (Å²) in [6, 6.07) is 11.0. The summed E-state index contributed by atoms with van der Waals surface area (Å²) in [5.74, 6) is -0.723. The average molecular weight is 361 g/mol. The molecule has 1 heterocycles. The number of nitrogens with one attached hydrogen (secondary N) is 1. The van der Waals surface area contributed by atoms with Gasteiger partial charge in [-0.25, -0.2) is 4.90 Å². The molecule has 24 heavy (non-hydrogen) atoms. The summed E-state index contributed by atoms with van der Waals surface area (Å²) in [6.07, 6.45) is 0. The van der Waals surface area contributed by atoms with E-state index in [0.29, 0.717) is 29.0 Å². The zero-order chi connectivity index (χ0) is 17.3. The highest BCUT2D eigenvalue weighted by Crippen LogP contribution is 2.33. The van der Waals surface area contributed by atoms with Crippen molar-refractivity contribution >= 4 is 47.6 Å². The van der Waals surface area contributed by atoms with Crippen LogP contribution >= 0.6 is 24.2 Å². The maximum atomic E-state index is 12.5. The molecule has 0 unspecified atom stereocenters. The van der Waals surface area contributed by atoms with E-state index in [0.717, 1.165) is 4.90 Å². The van der Waals surface area contributed by atoms with Crippen molar-refractivity contribution in [1.82, 2.24) is 5.32 Å². The zero-order valence-corrected chi connectivity index (χ0v) is 14.1. The fraction of sp³-hybridized carbons (Fsp3) is 0.118. The fourth-order valence-corrected chi connectivity index (χ4v) is 2.82. The molecule has 0 aromatic heterocycles. The number of hydrogen-bond donors (Lipinski definition) is 2. The topological polar surface area (TPSA) is 66.5 Å². The van der Waals surface area contributed by atoms with E-state index in [2.05, 4.69) is 17.9 Å². The predicted molar refractivity (Wildman–Crippen MR) is 95.2 cm³/mol. The largest absolute Gasteiger partial charge is 0.351 e. The van der Waals surface area contributed by atoms with E-state index in [-0.39, 0.29) is 16.6 Å². The summed E-state index contributed by atoms with van der Waals surface area (Å²) in [6.45, 7) is 0.410. The van der Waals surface area contributed by atoms with Gasteiger partial charge in [-0.05, 0) is 30.3 Å². The van der Waals surface area contributed by atoms with E-state index in [1.807, 2.05) is 0 Å². The molecule has 0 spiro atoms. The molecular weight excluding hydrogens is 348 g/mol. The number of thiol groups is 1. The maximum absolute atomic E-state index is 12.5. The Labute approximate surface area is 149 Å². The number of nitrogens with zero attached hydrogens (tertiary/aromatic N) is 1. The number of fused-ring (bicyclic) bond motifs is 1. The third kappa shape index (κ3) is 2.79.